The molecule has 10 heteroatoms. The summed E-state index contributed by atoms with van der Waals surface area (Å²) in [6, 6.07) is 11.7. The zero-order valence-corrected chi connectivity index (χ0v) is 17.7. The first kappa shape index (κ1) is 21.7. The van der Waals surface area contributed by atoms with Crippen molar-refractivity contribution in [3.8, 4) is 0 Å². The molecular weight excluding hydrogens is 438 g/mol. The lowest BCUT2D eigenvalue weighted by Crippen LogP contribution is -2.24. The highest BCUT2D eigenvalue weighted by Gasteiger charge is 2.21. The summed E-state index contributed by atoms with van der Waals surface area (Å²) < 4.78 is 53.5. The molecule has 4 rings (SSSR count). The van der Waals surface area contributed by atoms with Crippen LogP contribution in [0.25, 0.3) is 0 Å². The molecule has 166 valence electrons. The van der Waals surface area contributed by atoms with Gasteiger partial charge in [-0.25, -0.2) is 22.2 Å². The summed E-state index contributed by atoms with van der Waals surface area (Å²) in [5.41, 5.74) is 1.12. The molecule has 32 heavy (non-hydrogen) atoms. The van der Waals surface area contributed by atoms with Gasteiger partial charge in [-0.05, 0) is 67.4 Å². The number of aromatic nitrogens is 1. The summed E-state index contributed by atoms with van der Waals surface area (Å²) in [4.78, 5) is 18.8. The first-order valence-electron chi connectivity index (χ1n) is 9.93. The van der Waals surface area contributed by atoms with E-state index in [9.17, 15) is 22.0 Å². The van der Waals surface area contributed by atoms with Crippen LogP contribution >= 0.6 is 0 Å². The van der Waals surface area contributed by atoms with E-state index < -0.39 is 26.6 Å². The number of carbonyl (C=O) groups excluding carboxylic acids is 1. The van der Waals surface area contributed by atoms with Crippen LogP contribution in [0.2, 0.25) is 0 Å². The van der Waals surface area contributed by atoms with Crippen LogP contribution in [0.3, 0.4) is 0 Å². The highest BCUT2D eigenvalue weighted by molar-refractivity contribution is 7.92. The summed E-state index contributed by atoms with van der Waals surface area (Å²) in [7, 11) is -4.10. The van der Waals surface area contributed by atoms with Gasteiger partial charge in [-0.3, -0.25) is 9.52 Å². The molecule has 0 bridgehead atoms. The van der Waals surface area contributed by atoms with E-state index >= 15 is 0 Å². The Morgan fingerprint density at radius 3 is 2.31 bits per heavy atom. The maximum absolute atomic E-state index is 13.4. The molecule has 0 unspecified atom stereocenters. The van der Waals surface area contributed by atoms with Gasteiger partial charge in [0.25, 0.3) is 15.9 Å². The van der Waals surface area contributed by atoms with Crippen LogP contribution in [-0.2, 0) is 10.0 Å². The first-order chi connectivity index (χ1) is 15.3. The van der Waals surface area contributed by atoms with Gasteiger partial charge in [0, 0.05) is 30.7 Å². The standard InChI is InChI=1S/C22H20F2N4O3S/c23-19-10-9-17(14-20(19)24)32(30,31)27-16-7-5-15(6-8-16)26-22(29)18-4-3-11-25-21(18)28-12-1-2-13-28/h3-11,14,27H,1-2,12-13H2,(H,26,29). The van der Waals surface area contributed by atoms with Crippen LogP contribution in [-0.4, -0.2) is 32.4 Å². The second-order valence-corrected chi connectivity index (χ2v) is 8.96. The second kappa shape index (κ2) is 8.91. The second-order valence-electron chi connectivity index (χ2n) is 7.28. The van der Waals surface area contributed by atoms with E-state index in [2.05, 4.69) is 19.9 Å². The smallest absolute Gasteiger partial charge is 0.261 e. The van der Waals surface area contributed by atoms with Crippen molar-refractivity contribution in [2.75, 3.05) is 28.0 Å². The molecular formula is C22H20F2N4O3S. The van der Waals surface area contributed by atoms with Gasteiger partial charge in [0.1, 0.15) is 5.82 Å². The molecule has 0 spiro atoms. The van der Waals surface area contributed by atoms with Gasteiger partial charge in [0.05, 0.1) is 10.5 Å². The van der Waals surface area contributed by atoms with Gasteiger partial charge in [-0.1, -0.05) is 0 Å². The molecule has 1 aliphatic heterocycles. The van der Waals surface area contributed by atoms with Gasteiger partial charge in [-0.2, -0.15) is 0 Å². The first-order valence-corrected chi connectivity index (χ1v) is 11.4. The minimum Gasteiger partial charge on any atom is -0.356 e. The van der Waals surface area contributed by atoms with Crippen molar-refractivity contribution < 1.29 is 22.0 Å². The Morgan fingerprint density at radius 2 is 1.62 bits per heavy atom. The van der Waals surface area contributed by atoms with Crippen molar-refractivity contribution >= 4 is 33.1 Å². The van der Waals surface area contributed by atoms with Crippen LogP contribution in [0, 0.1) is 11.6 Å². The summed E-state index contributed by atoms with van der Waals surface area (Å²) in [6.07, 6.45) is 3.76. The SMILES string of the molecule is O=C(Nc1ccc(NS(=O)(=O)c2ccc(F)c(F)c2)cc1)c1cccnc1N1CCCC1. The van der Waals surface area contributed by atoms with E-state index in [1.165, 1.54) is 24.3 Å². The van der Waals surface area contributed by atoms with Crippen LogP contribution in [0.15, 0.2) is 65.7 Å². The Morgan fingerprint density at radius 1 is 0.938 bits per heavy atom. The van der Waals surface area contributed by atoms with Gasteiger partial charge < -0.3 is 10.2 Å². The number of anilines is 3. The molecule has 0 aliphatic carbocycles. The number of rotatable bonds is 6. The van der Waals surface area contributed by atoms with Crippen molar-refractivity contribution in [3.05, 3.63) is 78.0 Å². The summed E-state index contributed by atoms with van der Waals surface area (Å²) in [5, 5.41) is 2.78. The molecule has 1 aliphatic rings. The monoisotopic (exact) mass is 458 g/mol. The van der Waals surface area contributed by atoms with Gasteiger partial charge in [0.15, 0.2) is 11.6 Å². The summed E-state index contributed by atoms with van der Waals surface area (Å²) >= 11 is 0. The lowest BCUT2D eigenvalue weighted by molar-refractivity contribution is 0.102. The van der Waals surface area contributed by atoms with Crippen molar-refractivity contribution in [2.45, 2.75) is 17.7 Å². The van der Waals surface area contributed by atoms with Crippen molar-refractivity contribution in [3.63, 3.8) is 0 Å². The molecule has 0 radical (unpaired) electrons. The van der Waals surface area contributed by atoms with E-state index in [4.69, 9.17) is 0 Å². The molecule has 2 N–H and O–H groups in total. The topological polar surface area (TPSA) is 91.4 Å². The molecule has 7 nitrogen and oxygen atoms in total. The molecule has 3 aromatic rings. The van der Waals surface area contributed by atoms with Gasteiger partial charge in [-0.15, -0.1) is 0 Å². The number of pyridine rings is 1. The molecule has 1 aromatic heterocycles. The molecule has 2 aromatic carbocycles. The zero-order chi connectivity index (χ0) is 22.7. The maximum Gasteiger partial charge on any atom is 0.261 e. The number of sulfonamides is 1. The van der Waals surface area contributed by atoms with Crippen LogP contribution in [0.1, 0.15) is 23.2 Å². The van der Waals surface area contributed by atoms with Crippen molar-refractivity contribution in [2.24, 2.45) is 0 Å². The van der Waals surface area contributed by atoms with Crippen molar-refractivity contribution in [1.29, 1.82) is 0 Å². The predicted octanol–water partition coefficient (Wildman–Crippen LogP) is 4.01. The Kier molecular flexibility index (Phi) is 6.04. The number of benzene rings is 2. The fraction of sp³-hybridized carbons (Fsp3) is 0.182. The third-order valence-electron chi connectivity index (χ3n) is 5.03. The van der Waals surface area contributed by atoms with Crippen LogP contribution in [0.5, 0.6) is 0 Å². The molecule has 1 fully saturated rings. The Hall–Kier alpha value is -3.53. The molecule has 0 atom stereocenters. The molecule has 1 saturated heterocycles. The van der Waals surface area contributed by atoms with E-state index in [1.807, 2.05) is 0 Å². The van der Waals surface area contributed by atoms with E-state index in [0.29, 0.717) is 23.1 Å². The zero-order valence-electron chi connectivity index (χ0n) is 16.9. The summed E-state index contributed by atoms with van der Waals surface area (Å²) in [5.74, 6) is -2.08. The molecule has 1 amide bonds. The minimum absolute atomic E-state index is 0.201. The molecule has 2 heterocycles. The average molecular weight is 458 g/mol. The number of amides is 1. The highest BCUT2D eigenvalue weighted by Crippen LogP contribution is 2.24. The Labute approximate surface area is 184 Å². The number of hydrogen-bond acceptors (Lipinski definition) is 5. The largest absolute Gasteiger partial charge is 0.356 e. The fourth-order valence-electron chi connectivity index (χ4n) is 3.43. The van der Waals surface area contributed by atoms with E-state index in [0.717, 1.165) is 38.1 Å². The van der Waals surface area contributed by atoms with E-state index in [1.54, 1.807) is 18.3 Å². The normalized spacial score (nSPS) is 13.8. The predicted molar refractivity (Wildman–Crippen MR) is 117 cm³/mol. The van der Waals surface area contributed by atoms with Crippen LogP contribution in [0.4, 0.5) is 26.0 Å². The number of hydrogen-bond donors (Lipinski definition) is 2. The third-order valence-corrected chi connectivity index (χ3v) is 6.41. The quantitative estimate of drug-likeness (QED) is 0.582. The third kappa shape index (κ3) is 4.70. The average Bonchev–Trinajstić information content (AvgIpc) is 3.31. The number of carbonyl (C=O) groups is 1. The van der Waals surface area contributed by atoms with Gasteiger partial charge in [0.2, 0.25) is 0 Å². The summed E-state index contributed by atoms with van der Waals surface area (Å²) in [6.45, 7) is 1.70. The maximum atomic E-state index is 13.4. The number of nitrogens with zero attached hydrogens (tertiary/aromatic N) is 2. The van der Waals surface area contributed by atoms with Gasteiger partial charge >= 0.3 is 0 Å². The Balaban J connectivity index is 1.46. The fourth-order valence-corrected chi connectivity index (χ4v) is 4.50. The van der Waals surface area contributed by atoms with Crippen LogP contribution < -0.4 is 14.9 Å². The number of halogens is 2. The lowest BCUT2D eigenvalue weighted by atomic mass is 10.2. The lowest BCUT2D eigenvalue weighted by Gasteiger charge is -2.19. The van der Waals surface area contributed by atoms with Crippen molar-refractivity contribution in [1.82, 2.24) is 4.98 Å². The number of nitrogens with one attached hydrogen (secondary N) is 2. The highest BCUT2D eigenvalue weighted by atomic mass is 32.2. The Bertz CT molecular complexity index is 1240. The molecule has 0 saturated carbocycles. The van der Waals surface area contributed by atoms with E-state index in [-0.39, 0.29) is 11.6 Å². The minimum atomic E-state index is -4.10.